The first-order chi connectivity index (χ1) is 11.0. The van der Waals surface area contributed by atoms with E-state index in [0.717, 1.165) is 28.2 Å². The smallest absolute Gasteiger partial charge is 0.321 e. The van der Waals surface area contributed by atoms with E-state index in [1.165, 1.54) is 11.3 Å². The fourth-order valence-corrected chi connectivity index (χ4v) is 3.02. The number of aryl methyl sites for hydroxylation is 2. The fourth-order valence-electron chi connectivity index (χ4n) is 2.43. The monoisotopic (exact) mass is 331 g/mol. The molecule has 1 aromatic heterocycles. The Labute approximate surface area is 137 Å². The summed E-state index contributed by atoms with van der Waals surface area (Å²) >= 11 is 1.32. The molecule has 0 bridgehead atoms. The number of aromatic nitrogens is 2. The van der Waals surface area contributed by atoms with Gasteiger partial charge in [-0.3, -0.25) is 10.1 Å². The minimum Gasteiger partial charge on any atom is -0.331 e. The van der Waals surface area contributed by atoms with E-state index in [4.69, 9.17) is 0 Å². The Morgan fingerprint density at radius 3 is 2.91 bits per heavy atom. The largest absolute Gasteiger partial charge is 0.331 e. The van der Waals surface area contributed by atoms with Gasteiger partial charge in [0, 0.05) is 12.1 Å². The molecule has 23 heavy (non-hydrogen) atoms. The molecule has 3 N–H and O–H groups in total. The average molecular weight is 331 g/mol. The van der Waals surface area contributed by atoms with E-state index < -0.39 is 0 Å². The summed E-state index contributed by atoms with van der Waals surface area (Å²) in [5.41, 5.74) is 2.94. The SMILES string of the molecule is Cc1nnc(NC(=O)NC(C)c2ccc3c(c2)CCC(=O)N3)s1. The van der Waals surface area contributed by atoms with Crippen molar-refractivity contribution in [3.63, 3.8) is 0 Å². The highest BCUT2D eigenvalue weighted by Gasteiger charge is 2.17. The molecular formula is C15H17N5O2S. The normalized spacial score (nSPS) is 14.6. The Morgan fingerprint density at radius 2 is 2.17 bits per heavy atom. The van der Waals surface area contributed by atoms with Crippen LogP contribution in [0.4, 0.5) is 15.6 Å². The quantitative estimate of drug-likeness (QED) is 0.805. The highest BCUT2D eigenvalue weighted by atomic mass is 32.1. The van der Waals surface area contributed by atoms with Gasteiger partial charge in [0.25, 0.3) is 0 Å². The molecule has 2 aromatic rings. The zero-order valence-electron chi connectivity index (χ0n) is 12.8. The summed E-state index contributed by atoms with van der Waals surface area (Å²) in [5, 5.41) is 17.4. The number of carbonyl (C=O) groups is 2. The number of nitrogens with zero attached hydrogens (tertiary/aromatic N) is 2. The van der Waals surface area contributed by atoms with Crippen LogP contribution in [0, 0.1) is 6.92 Å². The van der Waals surface area contributed by atoms with Crippen molar-refractivity contribution >= 4 is 34.1 Å². The summed E-state index contributed by atoms with van der Waals surface area (Å²) in [6.45, 7) is 3.74. The van der Waals surface area contributed by atoms with Crippen LogP contribution in [-0.2, 0) is 11.2 Å². The van der Waals surface area contributed by atoms with Crippen molar-refractivity contribution in [1.82, 2.24) is 15.5 Å². The maximum Gasteiger partial charge on any atom is 0.321 e. The first-order valence-electron chi connectivity index (χ1n) is 7.31. The van der Waals surface area contributed by atoms with Crippen molar-refractivity contribution in [3.05, 3.63) is 34.3 Å². The van der Waals surface area contributed by atoms with Crippen LogP contribution >= 0.6 is 11.3 Å². The summed E-state index contributed by atoms with van der Waals surface area (Å²) in [4.78, 5) is 23.4. The number of carbonyl (C=O) groups excluding carboxylic acids is 2. The minimum absolute atomic E-state index is 0.0446. The Hall–Kier alpha value is -2.48. The van der Waals surface area contributed by atoms with Gasteiger partial charge in [-0.25, -0.2) is 4.79 Å². The average Bonchev–Trinajstić information content (AvgIpc) is 2.91. The van der Waals surface area contributed by atoms with Crippen molar-refractivity contribution in [2.45, 2.75) is 32.7 Å². The van der Waals surface area contributed by atoms with Gasteiger partial charge >= 0.3 is 6.03 Å². The number of benzene rings is 1. The van der Waals surface area contributed by atoms with E-state index in [1.807, 2.05) is 32.0 Å². The van der Waals surface area contributed by atoms with Crippen LogP contribution in [0.5, 0.6) is 0 Å². The molecule has 0 saturated heterocycles. The Bertz CT molecular complexity index is 758. The molecule has 1 aliphatic heterocycles. The Morgan fingerprint density at radius 1 is 1.35 bits per heavy atom. The first-order valence-corrected chi connectivity index (χ1v) is 8.13. The number of anilines is 2. The molecule has 120 valence electrons. The molecule has 1 aromatic carbocycles. The zero-order valence-corrected chi connectivity index (χ0v) is 13.7. The number of amides is 3. The van der Waals surface area contributed by atoms with Gasteiger partial charge in [0.05, 0.1) is 6.04 Å². The van der Waals surface area contributed by atoms with Crippen LogP contribution in [0.1, 0.15) is 35.5 Å². The maximum atomic E-state index is 12.0. The molecule has 2 heterocycles. The van der Waals surface area contributed by atoms with E-state index in [0.29, 0.717) is 11.6 Å². The minimum atomic E-state index is -0.320. The molecule has 0 saturated carbocycles. The molecule has 3 amide bonds. The number of nitrogens with one attached hydrogen (secondary N) is 3. The fraction of sp³-hybridized carbons (Fsp3) is 0.333. The zero-order chi connectivity index (χ0) is 16.4. The lowest BCUT2D eigenvalue weighted by atomic mass is 9.98. The lowest BCUT2D eigenvalue weighted by Crippen LogP contribution is -2.31. The lowest BCUT2D eigenvalue weighted by molar-refractivity contribution is -0.116. The number of urea groups is 1. The van der Waals surface area contributed by atoms with E-state index in [9.17, 15) is 9.59 Å². The molecule has 0 spiro atoms. The number of hydrogen-bond donors (Lipinski definition) is 3. The predicted octanol–water partition coefficient (Wildman–Crippen LogP) is 2.61. The molecule has 3 rings (SSSR count). The van der Waals surface area contributed by atoms with Crippen LogP contribution in [0.15, 0.2) is 18.2 Å². The third-order valence-corrected chi connectivity index (χ3v) is 4.37. The molecule has 0 fully saturated rings. The van der Waals surface area contributed by atoms with Gasteiger partial charge in [0.2, 0.25) is 11.0 Å². The van der Waals surface area contributed by atoms with Crippen molar-refractivity contribution < 1.29 is 9.59 Å². The van der Waals surface area contributed by atoms with Crippen molar-refractivity contribution in [1.29, 1.82) is 0 Å². The molecule has 8 heteroatoms. The van der Waals surface area contributed by atoms with E-state index in [-0.39, 0.29) is 18.0 Å². The third-order valence-electron chi connectivity index (χ3n) is 3.62. The molecular weight excluding hydrogens is 314 g/mol. The second kappa shape index (κ2) is 6.33. The van der Waals surface area contributed by atoms with Crippen LogP contribution in [-0.4, -0.2) is 22.1 Å². The Balaban J connectivity index is 1.65. The third kappa shape index (κ3) is 3.65. The highest BCUT2D eigenvalue weighted by molar-refractivity contribution is 7.15. The molecule has 1 aliphatic rings. The maximum absolute atomic E-state index is 12.0. The van der Waals surface area contributed by atoms with Gasteiger partial charge in [0.1, 0.15) is 5.01 Å². The molecule has 0 aliphatic carbocycles. The van der Waals surface area contributed by atoms with Crippen molar-refractivity contribution in [3.8, 4) is 0 Å². The van der Waals surface area contributed by atoms with Crippen molar-refractivity contribution in [2.24, 2.45) is 0 Å². The molecule has 1 unspecified atom stereocenters. The second-order valence-electron chi connectivity index (χ2n) is 5.41. The number of rotatable bonds is 3. The second-order valence-corrected chi connectivity index (χ2v) is 6.59. The summed E-state index contributed by atoms with van der Waals surface area (Å²) < 4.78 is 0. The number of fused-ring (bicyclic) bond motifs is 1. The van der Waals surface area contributed by atoms with Crippen LogP contribution < -0.4 is 16.0 Å². The summed E-state index contributed by atoms with van der Waals surface area (Å²) in [6, 6.07) is 5.33. The van der Waals surface area contributed by atoms with E-state index >= 15 is 0 Å². The molecule has 1 atom stereocenters. The standard InChI is InChI=1S/C15H17N5O2S/c1-8(16-14(22)18-15-20-19-9(2)23-15)10-3-5-12-11(7-10)4-6-13(21)17-12/h3,5,7-8H,4,6H2,1-2H3,(H,17,21)(H2,16,18,20,22). The molecule has 7 nitrogen and oxygen atoms in total. The molecule has 0 radical (unpaired) electrons. The highest BCUT2D eigenvalue weighted by Crippen LogP contribution is 2.26. The van der Waals surface area contributed by atoms with E-state index in [2.05, 4.69) is 26.1 Å². The first kappa shape index (κ1) is 15.4. The van der Waals surface area contributed by atoms with Gasteiger partial charge in [0.15, 0.2) is 0 Å². The van der Waals surface area contributed by atoms with Gasteiger partial charge in [-0.15, -0.1) is 10.2 Å². The van der Waals surface area contributed by atoms with Gasteiger partial charge in [-0.1, -0.05) is 23.5 Å². The van der Waals surface area contributed by atoms with Gasteiger partial charge in [-0.05, 0) is 37.5 Å². The van der Waals surface area contributed by atoms with E-state index in [1.54, 1.807) is 0 Å². The topological polar surface area (TPSA) is 96.0 Å². The summed E-state index contributed by atoms with van der Waals surface area (Å²) in [6.07, 6.45) is 1.22. The van der Waals surface area contributed by atoms with Crippen LogP contribution in [0.2, 0.25) is 0 Å². The van der Waals surface area contributed by atoms with Crippen LogP contribution in [0.25, 0.3) is 0 Å². The lowest BCUT2D eigenvalue weighted by Gasteiger charge is -2.20. The van der Waals surface area contributed by atoms with Gasteiger partial charge in [-0.2, -0.15) is 0 Å². The van der Waals surface area contributed by atoms with Crippen LogP contribution in [0.3, 0.4) is 0 Å². The predicted molar refractivity (Wildman–Crippen MR) is 88.6 cm³/mol. The summed E-state index contributed by atoms with van der Waals surface area (Å²) in [5.74, 6) is 0.0446. The van der Waals surface area contributed by atoms with Gasteiger partial charge < -0.3 is 10.6 Å². The summed E-state index contributed by atoms with van der Waals surface area (Å²) in [7, 11) is 0. The number of hydrogen-bond acceptors (Lipinski definition) is 5. The Kier molecular flexibility index (Phi) is 4.24. The van der Waals surface area contributed by atoms with Crippen molar-refractivity contribution in [2.75, 3.05) is 10.6 Å².